The fourth-order valence-electron chi connectivity index (χ4n) is 2.23. The van der Waals surface area contributed by atoms with Gasteiger partial charge in [0, 0.05) is 24.1 Å². The lowest BCUT2D eigenvalue weighted by atomic mass is 9.97. The predicted octanol–water partition coefficient (Wildman–Crippen LogP) is 2.12. The van der Waals surface area contributed by atoms with E-state index in [1.807, 2.05) is 32.0 Å². The highest BCUT2D eigenvalue weighted by molar-refractivity contribution is 5.96. The van der Waals surface area contributed by atoms with Crippen molar-refractivity contribution < 1.29 is 14.6 Å². The van der Waals surface area contributed by atoms with E-state index in [0.29, 0.717) is 18.7 Å². The van der Waals surface area contributed by atoms with Crippen molar-refractivity contribution in [1.29, 1.82) is 0 Å². The van der Waals surface area contributed by atoms with Crippen LogP contribution >= 0.6 is 0 Å². The molecule has 1 aliphatic heterocycles. The molecule has 0 radical (unpaired) electrons. The maximum Gasteiger partial charge on any atom is 0.229 e. The zero-order chi connectivity index (χ0) is 13.3. The first kappa shape index (κ1) is 12.9. The zero-order valence-corrected chi connectivity index (χ0v) is 11.0. The van der Waals surface area contributed by atoms with Crippen molar-refractivity contribution >= 4 is 11.6 Å². The Kier molecular flexibility index (Phi) is 3.57. The summed E-state index contributed by atoms with van der Waals surface area (Å²) >= 11 is 0. The lowest BCUT2D eigenvalue weighted by molar-refractivity contribution is -0.121. The van der Waals surface area contributed by atoms with E-state index in [9.17, 15) is 9.90 Å². The molecule has 2 rings (SSSR count). The molecule has 0 spiro atoms. The summed E-state index contributed by atoms with van der Waals surface area (Å²) in [5.74, 6) is 0.722. The van der Waals surface area contributed by atoms with Crippen molar-refractivity contribution in [1.82, 2.24) is 0 Å². The number of rotatable bonds is 2. The third-order valence-corrected chi connectivity index (χ3v) is 3.27. The van der Waals surface area contributed by atoms with Crippen molar-refractivity contribution in [2.24, 2.45) is 5.92 Å². The molecule has 1 aromatic rings. The van der Waals surface area contributed by atoms with E-state index in [-0.39, 0.29) is 11.8 Å². The van der Waals surface area contributed by atoms with Gasteiger partial charge in [-0.25, -0.2) is 0 Å². The van der Waals surface area contributed by atoms with Crippen LogP contribution in [0.1, 0.15) is 31.9 Å². The quantitative estimate of drug-likeness (QED) is 0.873. The van der Waals surface area contributed by atoms with Gasteiger partial charge < -0.3 is 14.7 Å². The van der Waals surface area contributed by atoms with Gasteiger partial charge in [-0.3, -0.25) is 4.79 Å². The lowest BCUT2D eigenvalue weighted by Crippen LogP contribution is -2.39. The predicted molar refractivity (Wildman–Crippen MR) is 69.8 cm³/mol. The number of ether oxygens (including phenoxy) is 1. The van der Waals surface area contributed by atoms with Gasteiger partial charge in [0.25, 0.3) is 0 Å². The number of nitrogens with zero attached hydrogens (tertiary/aromatic N) is 1. The Balaban J connectivity index is 2.44. The van der Waals surface area contributed by atoms with Crippen LogP contribution in [0.2, 0.25) is 0 Å². The number of methoxy groups -OCH3 is 1. The van der Waals surface area contributed by atoms with Crippen LogP contribution in [0.3, 0.4) is 0 Å². The minimum atomic E-state index is -0.498. The summed E-state index contributed by atoms with van der Waals surface area (Å²) in [6.45, 7) is 4.32. The van der Waals surface area contributed by atoms with Gasteiger partial charge in [0.15, 0.2) is 0 Å². The number of benzene rings is 1. The highest BCUT2D eigenvalue weighted by Crippen LogP contribution is 2.36. The van der Waals surface area contributed by atoms with Crippen molar-refractivity contribution in [2.75, 3.05) is 18.6 Å². The summed E-state index contributed by atoms with van der Waals surface area (Å²) in [6.07, 6.45) is 0.0831. The van der Waals surface area contributed by atoms with Crippen LogP contribution in [-0.4, -0.2) is 24.7 Å². The molecule has 1 N–H and O–H groups in total. The Hall–Kier alpha value is -1.55. The van der Waals surface area contributed by atoms with E-state index in [0.717, 1.165) is 11.3 Å². The molecule has 18 heavy (non-hydrogen) atoms. The van der Waals surface area contributed by atoms with Crippen LogP contribution in [0.4, 0.5) is 5.69 Å². The first-order valence-corrected chi connectivity index (χ1v) is 6.22. The van der Waals surface area contributed by atoms with Crippen molar-refractivity contribution in [3.8, 4) is 5.75 Å². The molecule has 1 amide bonds. The second kappa shape index (κ2) is 4.98. The normalized spacial score (nSPS) is 18.7. The van der Waals surface area contributed by atoms with Gasteiger partial charge in [-0.2, -0.15) is 0 Å². The Morgan fingerprint density at radius 1 is 1.50 bits per heavy atom. The summed E-state index contributed by atoms with van der Waals surface area (Å²) in [5, 5.41) is 9.98. The highest BCUT2D eigenvalue weighted by Gasteiger charge is 2.29. The SMILES string of the molecule is COc1ccc2c(c1)N(C(=O)C(C)C)CCC2O. The highest BCUT2D eigenvalue weighted by atomic mass is 16.5. The van der Waals surface area contributed by atoms with Crippen LogP contribution in [-0.2, 0) is 4.79 Å². The maximum atomic E-state index is 12.2. The number of carbonyl (C=O) groups excluding carboxylic acids is 1. The van der Waals surface area contributed by atoms with E-state index < -0.39 is 6.10 Å². The van der Waals surface area contributed by atoms with Gasteiger partial charge >= 0.3 is 0 Å². The van der Waals surface area contributed by atoms with Gasteiger partial charge in [0.05, 0.1) is 18.9 Å². The van der Waals surface area contributed by atoms with E-state index in [1.54, 1.807) is 12.0 Å². The van der Waals surface area contributed by atoms with Gasteiger partial charge in [-0.05, 0) is 12.5 Å². The number of anilines is 1. The number of aliphatic hydroxyl groups excluding tert-OH is 1. The number of carbonyl (C=O) groups is 1. The van der Waals surface area contributed by atoms with E-state index >= 15 is 0 Å². The average molecular weight is 249 g/mol. The Morgan fingerprint density at radius 2 is 2.22 bits per heavy atom. The van der Waals surface area contributed by atoms with Crippen LogP contribution in [0.5, 0.6) is 5.75 Å². The fourth-order valence-corrected chi connectivity index (χ4v) is 2.23. The van der Waals surface area contributed by atoms with E-state index in [1.165, 1.54) is 0 Å². The van der Waals surface area contributed by atoms with Crippen LogP contribution in [0.15, 0.2) is 18.2 Å². The Bertz CT molecular complexity index is 456. The standard InChI is InChI=1S/C14H19NO3/c1-9(2)14(17)15-7-6-13(16)11-5-4-10(18-3)8-12(11)15/h4-5,8-9,13,16H,6-7H2,1-3H3. The summed E-state index contributed by atoms with van der Waals surface area (Å²) in [5.41, 5.74) is 1.57. The third kappa shape index (κ3) is 2.20. The largest absolute Gasteiger partial charge is 0.497 e. The van der Waals surface area contributed by atoms with Crippen molar-refractivity contribution in [3.63, 3.8) is 0 Å². The Morgan fingerprint density at radius 3 is 2.83 bits per heavy atom. The maximum absolute atomic E-state index is 12.2. The second-order valence-electron chi connectivity index (χ2n) is 4.87. The Labute approximate surface area is 107 Å². The molecule has 4 heteroatoms. The number of hydrogen-bond acceptors (Lipinski definition) is 3. The molecular formula is C14H19NO3. The monoisotopic (exact) mass is 249 g/mol. The van der Waals surface area contributed by atoms with Crippen LogP contribution < -0.4 is 9.64 Å². The molecule has 1 unspecified atom stereocenters. The lowest BCUT2D eigenvalue weighted by Gasteiger charge is -2.33. The van der Waals surface area contributed by atoms with Crippen LogP contribution in [0, 0.1) is 5.92 Å². The summed E-state index contributed by atoms with van der Waals surface area (Å²) in [6, 6.07) is 5.46. The zero-order valence-electron chi connectivity index (χ0n) is 11.0. The minimum Gasteiger partial charge on any atom is -0.497 e. The third-order valence-electron chi connectivity index (χ3n) is 3.27. The second-order valence-corrected chi connectivity index (χ2v) is 4.87. The number of fused-ring (bicyclic) bond motifs is 1. The number of hydrogen-bond donors (Lipinski definition) is 1. The first-order chi connectivity index (χ1) is 8.54. The number of amides is 1. The molecular weight excluding hydrogens is 230 g/mol. The summed E-state index contributed by atoms with van der Waals surface area (Å²) in [4.78, 5) is 13.9. The first-order valence-electron chi connectivity index (χ1n) is 6.22. The summed E-state index contributed by atoms with van der Waals surface area (Å²) < 4.78 is 5.18. The molecule has 1 heterocycles. The molecule has 0 saturated heterocycles. The van der Waals surface area contributed by atoms with Crippen molar-refractivity contribution in [2.45, 2.75) is 26.4 Å². The minimum absolute atomic E-state index is 0.0562. The smallest absolute Gasteiger partial charge is 0.229 e. The molecule has 0 bridgehead atoms. The molecule has 1 aliphatic rings. The molecule has 0 fully saturated rings. The topological polar surface area (TPSA) is 49.8 Å². The van der Waals surface area contributed by atoms with Gasteiger partial charge in [-0.1, -0.05) is 19.9 Å². The van der Waals surface area contributed by atoms with Gasteiger partial charge in [0.2, 0.25) is 5.91 Å². The fraction of sp³-hybridized carbons (Fsp3) is 0.500. The molecule has 0 saturated carbocycles. The van der Waals surface area contributed by atoms with Gasteiger partial charge in [0.1, 0.15) is 5.75 Å². The molecule has 4 nitrogen and oxygen atoms in total. The molecule has 1 aromatic carbocycles. The number of aliphatic hydroxyl groups is 1. The molecule has 98 valence electrons. The molecule has 0 aromatic heterocycles. The van der Waals surface area contributed by atoms with Crippen molar-refractivity contribution in [3.05, 3.63) is 23.8 Å². The average Bonchev–Trinajstić information content (AvgIpc) is 2.38. The van der Waals surface area contributed by atoms with Gasteiger partial charge in [-0.15, -0.1) is 0 Å². The summed E-state index contributed by atoms with van der Waals surface area (Å²) in [7, 11) is 1.59. The molecule has 0 aliphatic carbocycles. The molecule has 1 atom stereocenters. The van der Waals surface area contributed by atoms with E-state index in [4.69, 9.17) is 4.74 Å². The van der Waals surface area contributed by atoms with Crippen LogP contribution in [0.25, 0.3) is 0 Å². The van der Waals surface area contributed by atoms with E-state index in [2.05, 4.69) is 0 Å².